The summed E-state index contributed by atoms with van der Waals surface area (Å²) in [5.74, 6) is -1.43. The molecule has 0 saturated carbocycles. The van der Waals surface area contributed by atoms with Gasteiger partial charge in [0.15, 0.2) is 0 Å². The molecule has 2 unspecified atom stereocenters. The molecule has 0 fully saturated rings. The zero-order chi connectivity index (χ0) is 31.4. The van der Waals surface area contributed by atoms with Gasteiger partial charge >= 0.3 is 12.1 Å². The smallest absolute Gasteiger partial charge is 0.408 e. The maximum Gasteiger partial charge on any atom is 0.408 e. The Morgan fingerprint density at radius 2 is 1.74 bits per heavy atom. The maximum absolute atomic E-state index is 14.3. The van der Waals surface area contributed by atoms with E-state index in [0.29, 0.717) is 11.1 Å². The van der Waals surface area contributed by atoms with E-state index in [2.05, 4.69) is 17.2 Å². The summed E-state index contributed by atoms with van der Waals surface area (Å²) in [6.45, 7) is 14.6. The fourth-order valence-corrected chi connectivity index (χ4v) is 4.30. The lowest BCUT2D eigenvalue weighted by molar-refractivity contribution is -0.144. The summed E-state index contributed by atoms with van der Waals surface area (Å²) >= 11 is 0. The number of ether oxygens (including phenoxy) is 2. The number of alkyl carbamates (subject to hydrolysis) is 1. The predicted octanol–water partition coefficient (Wildman–Crippen LogP) is 4.27. The maximum atomic E-state index is 14.3. The highest BCUT2D eigenvalue weighted by molar-refractivity contribution is 5.92. The quantitative estimate of drug-likeness (QED) is 0.238. The molecule has 2 atom stereocenters. The summed E-state index contributed by atoms with van der Waals surface area (Å²) in [6.07, 6.45) is 0.752. The van der Waals surface area contributed by atoms with Crippen LogP contribution in [0.2, 0.25) is 0 Å². The summed E-state index contributed by atoms with van der Waals surface area (Å²) in [4.78, 5) is 54.1. The number of carbonyl (C=O) groups excluding carboxylic acids is 4. The molecule has 228 valence electrons. The van der Waals surface area contributed by atoms with E-state index >= 15 is 0 Å². The number of aryl methyl sites for hydroxylation is 2. The van der Waals surface area contributed by atoms with Crippen molar-refractivity contribution in [2.75, 3.05) is 19.7 Å². The van der Waals surface area contributed by atoms with Crippen LogP contribution < -0.4 is 10.6 Å². The number of hydrogen-bond donors (Lipinski definition) is 3. The molecule has 2 rings (SSSR count). The summed E-state index contributed by atoms with van der Waals surface area (Å²) in [5.41, 5.74) is 2.13. The topological polar surface area (TPSA) is 134 Å². The summed E-state index contributed by atoms with van der Waals surface area (Å²) < 4.78 is 10.4. The second-order valence-corrected chi connectivity index (χ2v) is 11.0. The zero-order valence-electron chi connectivity index (χ0n) is 25.4. The van der Waals surface area contributed by atoms with Gasteiger partial charge in [-0.25, -0.2) is 4.79 Å². The van der Waals surface area contributed by atoms with Crippen molar-refractivity contribution in [1.29, 1.82) is 0 Å². The number of hydrogen-bond acceptors (Lipinski definition) is 7. The Kier molecular flexibility index (Phi) is 12.6. The van der Waals surface area contributed by atoms with Crippen molar-refractivity contribution in [2.45, 2.75) is 72.1 Å². The third-order valence-corrected chi connectivity index (χ3v) is 6.20. The molecule has 10 heteroatoms. The van der Waals surface area contributed by atoms with Gasteiger partial charge in [-0.3, -0.25) is 14.4 Å². The molecule has 0 aliphatic heterocycles. The van der Waals surface area contributed by atoms with Gasteiger partial charge in [-0.05, 0) is 70.4 Å². The minimum absolute atomic E-state index is 0.00967. The number of rotatable bonds is 13. The predicted molar refractivity (Wildman–Crippen MR) is 160 cm³/mol. The Morgan fingerprint density at radius 1 is 1.07 bits per heavy atom. The number of benzene rings is 2. The standard InChI is InChI=1S/C32H43N3O7/c1-8-18-35(28(25-19-21(3)10-11-22(25)4)29(38)33-17-16-27(37)41-9-2)30(39)26(34-31(40)42-32(5,6)7)20-23-12-14-24(36)15-13-23/h8,10-15,19,26,28,36H,1,9,16-18,20H2,2-7H3,(H,33,38)(H,34,40). The number of phenolic OH excluding ortho intramolecular Hbond substituents is 1. The first-order chi connectivity index (χ1) is 19.7. The summed E-state index contributed by atoms with van der Waals surface area (Å²) in [7, 11) is 0. The molecule has 2 aromatic rings. The number of aromatic hydroxyl groups is 1. The van der Waals surface area contributed by atoms with E-state index in [1.165, 1.54) is 23.1 Å². The lowest BCUT2D eigenvalue weighted by atomic mass is 9.95. The first kappa shape index (κ1) is 33.9. The molecule has 3 N–H and O–H groups in total. The molecule has 0 radical (unpaired) electrons. The van der Waals surface area contributed by atoms with Gasteiger partial charge in [-0.15, -0.1) is 6.58 Å². The van der Waals surface area contributed by atoms with Gasteiger partial charge < -0.3 is 30.1 Å². The molecular formula is C32H43N3O7. The molecular weight excluding hydrogens is 538 g/mol. The molecule has 0 aromatic heterocycles. The Hall–Kier alpha value is -4.34. The van der Waals surface area contributed by atoms with E-state index in [-0.39, 0.29) is 38.3 Å². The van der Waals surface area contributed by atoms with Crippen LogP contribution in [0.25, 0.3) is 0 Å². The van der Waals surface area contributed by atoms with Crippen molar-refractivity contribution in [3.8, 4) is 5.75 Å². The van der Waals surface area contributed by atoms with E-state index in [1.54, 1.807) is 39.8 Å². The highest BCUT2D eigenvalue weighted by Crippen LogP contribution is 2.27. The minimum Gasteiger partial charge on any atom is -0.508 e. The van der Waals surface area contributed by atoms with Gasteiger partial charge in [0.2, 0.25) is 11.8 Å². The third-order valence-electron chi connectivity index (χ3n) is 6.20. The first-order valence-electron chi connectivity index (χ1n) is 13.9. The van der Waals surface area contributed by atoms with Crippen LogP contribution in [0.15, 0.2) is 55.1 Å². The third kappa shape index (κ3) is 10.6. The number of carbonyl (C=O) groups is 4. The lowest BCUT2D eigenvalue weighted by Crippen LogP contribution is -2.54. The number of nitrogens with one attached hydrogen (secondary N) is 2. The van der Waals surface area contributed by atoms with Crippen LogP contribution in [0, 0.1) is 13.8 Å². The average molecular weight is 582 g/mol. The average Bonchev–Trinajstić information content (AvgIpc) is 2.90. The number of amides is 3. The van der Waals surface area contributed by atoms with Crippen LogP contribution in [0.4, 0.5) is 4.79 Å². The Bertz CT molecular complexity index is 1250. The van der Waals surface area contributed by atoms with Gasteiger partial charge in [-0.2, -0.15) is 0 Å². The van der Waals surface area contributed by atoms with Crippen molar-refractivity contribution < 1.29 is 33.8 Å². The Balaban J connectivity index is 2.53. The largest absolute Gasteiger partial charge is 0.508 e. The van der Waals surface area contributed by atoms with Crippen LogP contribution in [0.1, 0.15) is 62.4 Å². The van der Waals surface area contributed by atoms with E-state index in [9.17, 15) is 24.3 Å². The highest BCUT2D eigenvalue weighted by Gasteiger charge is 2.36. The van der Waals surface area contributed by atoms with E-state index in [4.69, 9.17) is 9.47 Å². The van der Waals surface area contributed by atoms with Crippen molar-refractivity contribution in [2.24, 2.45) is 0 Å². The Morgan fingerprint density at radius 3 is 2.33 bits per heavy atom. The summed E-state index contributed by atoms with van der Waals surface area (Å²) in [5, 5.41) is 15.2. The van der Waals surface area contributed by atoms with Gasteiger partial charge in [0.25, 0.3) is 0 Å². The number of esters is 1. The molecule has 2 aromatic carbocycles. The molecule has 3 amide bonds. The molecule has 42 heavy (non-hydrogen) atoms. The first-order valence-corrected chi connectivity index (χ1v) is 13.9. The monoisotopic (exact) mass is 581 g/mol. The SMILES string of the molecule is C=CCN(C(=O)C(Cc1ccc(O)cc1)NC(=O)OC(C)(C)C)C(C(=O)NCCC(=O)OCC)c1cc(C)ccc1C. The van der Waals surface area contributed by atoms with Crippen molar-refractivity contribution in [3.63, 3.8) is 0 Å². The molecule has 0 heterocycles. The number of nitrogens with zero attached hydrogens (tertiary/aromatic N) is 1. The highest BCUT2D eigenvalue weighted by atomic mass is 16.6. The van der Waals surface area contributed by atoms with Crippen molar-refractivity contribution >= 4 is 23.9 Å². The zero-order valence-corrected chi connectivity index (χ0v) is 25.4. The fraction of sp³-hybridized carbons (Fsp3) is 0.438. The van der Waals surface area contributed by atoms with E-state index < -0.39 is 41.6 Å². The van der Waals surface area contributed by atoms with Crippen molar-refractivity contribution in [1.82, 2.24) is 15.5 Å². The van der Waals surface area contributed by atoms with Crippen molar-refractivity contribution in [3.05, 3.63) is 77.4 Å². The molecule has 0 aliphatic rings. The molecule has 10 nitrogen and oxygen atoms in total. The summed E-state index contributed by atoms with van der Waals surface area (Å²) in [6, 6.07) is 9.67. The van der Waals surface area contributed by atoms with Crippen LogP contribution >= 0.6 is 0 Å². The Labute approximate surface area is 248 Å². The molecule has 0 spiro atoms. The van der Waals surface area contributed by atoms with Gasteiger partial charge in [0.05, 0.1) is 13.0 Å². The molecule has 0 bridgehead atoms. The molecule has 0 saturated heterocycles. The van der Waals surface area contributed by atoms with Gasteiger partial charge in [0.1, 0.15) is 23.4 Å². The second-order valence-electron chi connectivity index (χ2n) is 11.0. The second kappa shape index (κ2) is 15.6. The van der Waals surface area contributed by atoms with E-state index in [0.717, 1.165) is 11.1 Å². The van der Waals surface area contributed by atoms with Gasteiger partial charge in [0, 0.05) is 19.5 Å². The lowest BCUT2D eigenvalue weighted by Gasteiger charge is -2.34. The fourth-order valence-electron chi connectivity index (χ4n) is 4.30. The minimum atomic E-state index is -1.12. The van der Waals surface area contributed by atoms with Crippen LogP contribution in [-0.4, -0.2) is 65.2 Å². The van der Waals surface area contributed by atoms with Gasteiger partial charge in [-0.1, -0.05) is 42.0 Å². The number of phenols is 1. The van der Waals surface area contributed by atoms with Crippen LogP contribution in [0.5, 0.6) is 5.75 Å². The molecule has 0 aliphatic carbocycles. The van der Waals surface area contributed by atoms with Crippen LogP contribution in [-0.2, 0) is 30.3 Å². The van der Waals surface area contributed by atoms with Crippen LogP contribution in [0.3, 0.4) is 0 Å². The van der Waals surface area contributed by atoms with E-state index in [1.807, 2.05) is 32.0 Å². The normalized spacial score (nSPS) is 12.4.